The van der Waals surface area contributed by atoms with Crippen LogP contribution in [0.3, 0.4) is 0 Å². The molecule has 0 atom stereocenters. The van der Waals surface area contributed by atoms with Crippen LogP contribution in [0.1, 0.15) is 34.1 Å². The second-order valence-corrected chi connectivity index (χ2v) is 7.35. The molecule has 0 aromatic carbocycles. The number of rotatable bonds is 7. The van der Waals surface area contributed by atoms with Gasteiger partial charge in [0.25, 0.3) is 0 Å². The average Bonchev–Trinajstić information content (AvgIpc) is 2.59. The predicted molar refractivity (Wildman–Crippen MR) is 100 cm³/mol. The van der Waals surface area contributed by atoms with Crippen molar-refractivity contribution in [2.75, 3.05) is 19.0 Å². The van der Waals surface area contributed by atoms with Crippen molar-refractivity contribution in [2.45, 2.75) is 34.1 Å². The van der Waals surface area contributed by atoms with Crippen LogP contribution in [0.2, 0.25) is 0 Å². The van der Waals surface area contributed by atoms with E-state index in [1.807, 2.05) is 6.07 Å². The third kappa shape index (κ3) is 5.98. The minimum absolute atomic E-state index is 0.0652. The molecule has 0 unspecified atom stereocenters. The molecule has 2 aromatic heterocycles. The van der Waals surface area contributed by atoms with Crippen molar-refractivity contribution in [2.24, 2.45) is 11.3 Å². The Balaban J connectivity index is 2.03. The zero-order chi connectivity index (χ0) is 19.2. The van der Waals surface area contributed by atoms with Gasteiger partial charge < -0.3 is 9.47 Å². The monoisotopic (exact) mass is 358 g/mol. The molecule has 140 valence electrons. The molecule has 0 bridgehead atoms. The number of carbonyl (C=O) groups is 1. The standard InChI is InChI=1S/C19H26N4O3/c1-13(2)9-19(3,4)12-26-17-21-10-15(11-22-17)14-6-7-20-16(8-14)23-18(24)25-5/h6-8,10-11,13H,9,12H2,1-5H3,(H,20,23,24). The number of nitrogens with zero attached hydrogens (tertiary/aromatic N) is 3. The maximum atomic E-state index is 11.3. The number of hydrogen-bond acceptors (Lipinski definition) is 6. The molecule has 2 aromatic rings. The van der Waals surface area contributed by atoms with Crippen LogP contribution in [0, 0.1) is 11.3 Å². The van der Waals surface area contributed by atoms with Gasteiger partial charge in [0, 0.05) is 24.2 Å². The van der Waals surface area contributed by atoms with Gasteiger partial charge in [-0.15, -0.1) is 0 Å². The van der Waals surface area contributed by atoms with E-state index in [2.05, 4.69) is 52.7 Å². The van der Waals surface area contributed by atoms with Gasteiger partial charge in [0.15, 0.2) is 0 Å². The lowest BCUT2D eigenvalue weighted by molar-refractivity contribution is 0.144. The highest BCUT2D eigenvalue weighted by molar-refractivity contribution is 5.84. The molecule has 0 aliphatic carbocycles. The molecule has 1 N–H and O–H groups in total. The van der Waals surface area contributed by atoms with Crippen LogP contribution in [-0.4, -0.2) is 34.8 Å². The molecular formula is C19H26N4O3. The van der Waals surface area contributed by atoms with E-state index in [1.165, 1.54) is 7.11 Å². The average molecular weight is 358 g/mol. The van der Waals surface area contributed by atoms with Crippen LogP contribution in [0.5, 0.6) is 6.01 Å². The predicted octanol–water partition coefficient (Wildman–Crippen LogP) is 4.17. The summed E-state index contributed by atoms with van der Waals surface area (Å²) in [5.74, 6) is 1.00. The van der Waals surface area contributed by atoms with Crippen molar-refractivity contribution in [3.8, 4) is 17.1 Å². The van der Waals surface area contributed by atoms with Gasteiger partial charge in [-0.25, -0.2) is 19.7 Å². The van der Waals surface area contributed by atoms with Crippen molar-refractivity contribution in [1.82, 2.24) is 15.0 Å². The number of hydrogen-bond donors (Lipinski definition) is 1. The fraction of sp³-hybridized carbons (Fsp3) is 0.474. The summed E-state index contributed by atoms with van der Waals surface area (Å²) < 4.78 is 10.3. The molecule has 2 heterocycles. The largest absolute Gasteiger partial charge is 0.463 e. The summed E-state index contributed by atoms with van der Waals surface area (Å²) in [6.07, 6.45) is 5.47. The first-order valence-corrected chi connectivity index (χ1v) is 8.55. The Hall–Kier alpha value is -2.70. The van der Waals surface area contributed by atoms with Crippen molar-refractivity contribution in [1.29, 1.82) is 0 Å². The van der Waals surface area contributed by atoms with Gasteiger partial charge in [0.2, 0.25) is 0 Å². The summed E-state index contributed by atoms with van der Waals surface area (Å²) in [7, 11) is 1.30. The van der Waals surface area contributed by atoms with Gasteiger partial charge in [-0.3, -0.25) is 5.32 Å². The Morgan fingerprint density at radius 3 is 2.50 bits per heavy atom. The number of ether oxygens (including phenoxy) is 2. The molecule has 7 heteroatoms. The minimum Gasteiger partial charge on any atom is -0.463 e. The van der Waals surface area contributed by atoms with Crippen molar-refractivity contribution in [3.63, 3.8) is 0 Å². The number of aromatic nitrogens is 3. The van der Waals surface area contributed by atoms with E-state index in [1.54, 1.807) is 24.7 Å². The van der Waals surface area contributed by atoms with E-state index in [9.17, 15) is 4.79 Å². The van der Waals surface area contributed by atoms with Gasteiger partial charge in [0.05, 0.1) is 13.7 Å². The zero-order valence-corrected chi connectivity index (χ0v) is 15.9. The molecule has 7 nitrogen and oxygen atoms in total. The van der Waals surface area contributed by atoms with Crippen LogP contribution in [0.15, 0.2) is 30.7 Å². The summed E-state index contributed by atoms with van der Waals surface area (Å²) in [4.78, 5) is 23.9. The molecule has 0 saturated carbocycles. The lowest BCUT2D eigenvalue weighted by Gasteiger charge is -2.25. The zero-order valence-electron chi connectivity index (χ0n) is 15.9. The molecule has 0 saturated heterocycles. The second-order valence-electron chi connectivity index (χ2n) is 7.35. The summed E-state index contributed by atoms with van der Waals surface area (Å²) in [5, 5.41) is 2.53. The van der Waals surface area contributed by atoms with E-state index < -0.39 is 6.09 Å². The fourth-order valence-corrected chi connectivity index (χ4v) is 2.80. The fourth-order valence-electron chi connectivity index (χ4n) is 2.80. The number of pyridine rings is 1. The Morgan fingerprint density at radius 1 is 1.19 bits per heavy atom. The van der Waals surface area contributed by atoms with Crippen LogP contribution < -0.4 is 10.1 Å². The number of amides is 1. The quantitative estimate of drug-likeness (QED) is 0.799. The Bertz CT molecular complexity index is 730. The number of nitrogens with one attached hydrogen (secondary N) is 1. The Labute approximate surface area is 154 Å². The molecule has 26 heavy (non-hydrogen) atoms. The van der Waals surface area contributed by atoms with Crippen LogP contribution >= 0.6 is 0 Å². The highest BCUT2D eigenvalue weighted by atomic mass is 16.5. The van der Waals surface area contributed by atoms with Crippen LogP contribution in [0.25, 0.3) is 11.1 Å². The Kier molecular flexibility index (Phi) is 6.49. The number of anilines is 1. The number of carbonyl (C=O) groups excluding carboxylic acids is 1. The molecule has 0 aliphatic heterocycles. The van der Waals surface area contributed by atoms with Crippen molar-refractivity contribution in [3.05, 3.63) is 30.7 Å². The normalized spacial score (nSPS) is 11.3. The van der Waals surface area contributed by atoms with E-state index in [-0.39, 0.29) is 5.41 Å². The molecule has 0 spiro atoms. The van der Waals surface area contributed by atoms with E-state index >= 15 is 0 Å². The van der Waals surface area contributed by atoms with Gasteiger partial charge in [-0.05, 0) is 35.4 Å². The maximum absolute atomic E-state index is 11.3. The van der Waals surface area contributed by atoms with Crippen LogP contribution in [0.4, 0.5) is 10.6 Å². The molecule has 0 aliphatic rings. The summed E-state index contributed by atoms with van der Waals surface area (Å²) in [5.41, 5.74) is 1.70. The first-order valence-electron chi connectivity index (χ1n) is 8.55. The van der Waals surface area contributed by atoms with Gasteiger partial charge in [-0.2, -0.15) is 0 Å². The minimum atomic E-state index is -0.571. The van der Waals surface area contributed by atoms with E-state index in [4.69, 9.17) is 4.74 Å². The molecule has 1 amide bonds. The topological polar surface area (TPSA) is 86.2 Å². The molecular weight excluding hydrogens is 332 g/mol. The smallest absolute Gasteiger partial charge is 0.412 e. The third-order valence-electron chi connectivity index (χ3n) is 3.69. The van der Waals surface area contributed by atoms with Gasteiger partial charge in [-0.1, -0.05) is 27.7 Å². The summed E-state index contributed by atoms with van der Waals surface area (Å²) in [6.45, 7) is 9.31. The lowest BCUT2D eigenvalue weighted by atomic mass is 9.85. The third-order valence-corrected chi connectivity index (χ3v) is 3.69. The lowest BCUT2D eigenvalue weighted by Crippen LogP contribution is -2.23. The van der Waals surface area contributed by atoms with Crippen molar-refractivity contribution < 1.29 is 14.3 Å². The first-order chi connectivity index (χ1) is 12.3. The van der Waals surface area contributed by atoms with Crippen molar-refractivity contribution >= 4 is 11.9 Å². The summed E-state index contributed by atoms with van der Waals surface area (Å²) in [6, 6.07) is 3.89. The molecule has 0 radical (unpaired) electrons. The first kappa shape index (κ1) is 19.6. The van der Waals surface area contributed by atoms with E-state index in [0.29, 0.717) is 24.4 Å². The Morgan fingerprint density at radius 2 is 1.88 bits per heavy atom. The van der Waals surface area contributed by atoms with Gasteiger partial charge >= 0.3 is 12.1 Å². The SMILES string of the molecule is COC(=O)Nc1cc(-c2cnc(OCC(C)(C)CC(C)C)nc2)ccn1. The molecule has 2 rings (SSSR count). The second kappa shape index (κ2) is 8.60. The van der Waals surface area contributed by atoms with Gasteiger partial charge in [0.1, 0.15) is 5.82 Å². The number of methoxy groups -OCH3 is 1. The van der Waals surface area contributed by atoms with Crippen LogP contribution in [-0.2, 0) is 4.74 Å². The van der Waals surface area contributed by atoms with E-state index in [0.717, 1.165) is 17.5 Å². The highest BCUT2D eigenvalue weighted by Crippen LogP contribution is 2.26. The maximum Gasteiger partial charge on any atom is 0.412 e. The highest BCUT2D eigenvalue weighted by Gasteiger charge is 2.21. The summed E-state index contributed by atoms with van der Waals surface area (Å²) >= 11 is 0. The molecule has 0 fully saturated rings.